The zero-order chi connectivity index (χ0) is 9.14. The van der Waals surface area contributed by atoms with Gasteiger partial charge in [0.05, 0.1) is 12.0 Å². The molecule has 4 heteroatoms. The highest BCUT2D eigenvalue weighted by atomic mass is 15.0. The lowest BCUT2D eigenvalue weighted by Crippen LogP contribution is -2.21. The van der Waals surface area contributed by atoms with Crippen molar-refractivity contribution in [1.82, 2.24) is 4.57 Å². The van der Waals surface area contributed by atoms with Crippen LogP contribution in [0, 0.1) is 17.7 Å². The molecule has 0 aliphatic rings. The Morgan fingerprint density at radius 1 is 1.58 bits per heavy atom. The number of hydrogen-bond donors (Lipinski definition) is 3. The number of pyridine rings is 1. The van der Waals surface area contributed by atoms with Crippen molar-refractivity contribution in [3.05, 3.63) is 23.3 Å². The number of aromatic nitrogens is 1. The number of nitrogens with one attached hydrogen (secondary N) is 3. The number of rotatable bonds is 2. The lowest BCUT2D eigenvalue weighted by molar-refractivity contribution is 0.962. The number of aryl methyl sites for hydroxylation is 1. The van der Waals surface area contributed by atoms with Crippen molar-refractivity contribution in [2.45, 2.75) is 6.92 Å². The first-order valence-electron chi connectivity index (χ1n) is 3.64. The first-order chi connectivity index (χ1) is 5.69. The summed E-state index contributed by atoms with van der Waals surface area (Å²) in [6, 6.07) is 1.88. The van der Waals surface area contributed by atoms with E-state index in [1.54, 1.807) is 6.20 Å². The minimum absolute atomic E-state index is 0.351. The third-order valence-electron chi connectivity index (χ3n) is 1.71. The van der Waals surface area contributed by atoms with Crippen LogP contribution in [0.5, 0.6) is 0 Å². The van der Waals surface area contributed by atoms with E-state index in [9.17, 15) is 0 Å². The maximum atomic E-state index is 7.55. The Morgan fingerprint density at radius 2 is 2.25 bits per heavy atom. The highest BCUT2D eigenvalue weighted by Crippen LogP contribution is 2.03. The van der Waals surface area contributed by atoms with Gasteiger partial charge in [-0.3, -0.25) is 15.4 Å². The third-order valence-corrected chi connectivity index (χ3v) is 1.71. The van der Waals surface area contributed by atoms with Gasteiger partial charge >= 0.3 is 0 Å². The SMILES string of the molecule is CNc1cc(C)c(=N)n(C=N)c1. The molecule has 0 unspecified atom stereocenters. The van der Waals surface area contributed by atoms with E-state index in [2.05, 4.69) is 5.32 Å². The van der Waals surface area contributed by atoms with Gasteiger partial charge in [-0.15, -0.1) is 0 Å². The predicted octanol–water partition coefficient (Wildman–Crippen LogP) is 0.773. The van der Waals surface area contributed by atoms with E-state index in [0.29, 0.717) is 5.49 Å². The maximum Gasteiger partial charge on any atom is 0.133 e. The van der Waals surface area contributed by atoms with E-state index in [-0.39, 0.29) is 0 Å². The highest BCUT2D eigenvalue weighted by Gasteiger charge is 1.96. The van der Waals surface area contributed by atoms with Crippen LogP contribution >= 0.6 is 0 Å². The smallest absolute Gasteiger partial charge is 0.133 e. The van der Waals surface area contributed by atoms with Crippen molar-refractivity contribution in [3.63, 3.8) is 0 Å². The molecule has 0 bridgehead atoms. The number of nitrogens with zero attached hydrogens (tertiary/aromatic N) is 1. The van der Waals surface area contributed by atoms with E-state index in [1.807, 2.05) is 20.0 Å². The molecule has 64 valence electrons. The fourth-order valence-electron chi connectivity index (χ4n) is 0.995. The van der Waals surface area contributed by atoms with Gasteiger partial charge in [0.2, 0.25) is 0 Å². The molecule has 12 heavy (non-hydrogen) atoms. The lowest BCUT2D eigenvalue weighted by Gasteiger charge is -2.05. The molecule has 0 aromatic carbocycles. The van der Waals surface area contributed by atoms with Crippen LogP contribution in [-0.2, 0) is 0 Å². The molecule has 0 aliphatic heterocycles. The minimum Gasteiger partial charge on any atom is -0.387 e. The van der Waals surface area contributed by atoms with E-state index < -0.39 is 0 Å². The number of hydrogen-bond acceptors (Lipinski definition) is 3. The fraction of sp³-hybridized carbons (Fsp3) is 0.250. The molecule has 0 saturated heterocycles. The van der Waals surface area contributed by atoms with E-state index >= 15 is 0 Å². The first-order valence-corrected chi connectivity index (χ1v) is 3.64. The molecule has 0 spiro atoms. The molecule has 0 amide bonds. The maximum absolute atomic E-state index is 7.55. The van der Waals surface area contributed by atoms with Gasteiger partial charge < -0.3 is 5.32 Å². The molecule has 1 aromatic rings. The van der Waals surface area contributed by atoms with Gasteiger partial charge in [0.1, 0.15) is 5.49 Å². The van der Waals surface area contributed by atoms with Crippen molar-refractivity contribution in [2.75, 3.05) is 12.4 Å². The van der Waals surface area contributed by atoms with Gasteiger partial charge in [0.25, 0.3) is 0 Å². The third kappa shape index (κ3) is 1.37. The summed E-state index contributed by atoms with van der Waals surface area (Å²) in [5.74, 6) is 0. The van der Waals surface area contributed by atoms with Crippen LogP contribution in [0.25, 0.3) is 0 Å². The molecular formula is C8H12N4. The van der Waals surface area contributed by atoms with Crippen molar-refractivity contribution >= 4 is 12.0 Å². The van der Waals surface area contributed by atoms with E-state index in [1.165, 1.54) is 4.57 Å². The standard InChI is InChI=1S/C8H12N4/c1-6-3-7(11-2)4-12(5-9)8(6)10/h3-5,9-11H,1-2H3. The Morgan fingerprint density at radius 3 is 2.75 bits per heavy atom. The number of anilines is 1. The van der Waals surface area contributed by atoms with Crippen LogP contribution in [0.4, 0.5) is 5.69 Å². The first kappa shape index (κ1) is 8.52. The van der Waals surface area contributed by atoms with Gasteiger partial charge in [-0.2, -0.15) is 0 Å². The summed E-state index contributed by atoms with van der Waals surface area (Å²) in [5.41, 5.74) is 2.11. The summed E-state index contributed by atoms with van der Waals surface area (Å²) in [4.78, 5) is 0. The second-order valence-electron chi connectivity index (χ2n) is 2.55. The largest absolute Gasteiger partial charge is 0.387 e. The van der Waals surface area contributed by atoms with Crippen LogP contribution in [0.1, 0.15) is 5.56 Å². The average Bonchev–Trinajstić information content (AvgIpc) is 2.09. The summed E-state index contributed by atoms with van der Waals surface area (Å²) in [7, 11) is 1.81. The van der Waals surface area contributed by atoms with E-state index in [0.717, 1.165) is 17.6 Å². The van der Waals surface area contributed by atoms with Crippen LogP contribution < -0.4 is 10.8 Å². The summed E-state index contributed by atoms with van der Waals surface area (Å²) in [5, 5.41) is 17.6. The molecule has 0 aliphatic carbocycles. The molecular weight excluding hydrogens is 152 g/mol. The van der Waals surface area contributed by atoms with Crippen LogP contribution in [0.3, 0.4) is 0 Å². The fourth-order valence-corrected chi connectivity index (χ4v) is 0.995. The Balaban J connectivity index is 3.38. The Labute approximate surface area is 70.9 Å². The molecule has 4 nitrogen and oxygen atoms in total. The van der Waals surface area contributed by atoms with Gasteiger partial charge in [0, 0.05) is 13.2 Å². The average molecular weight is 164 g/mol. The van der Waals surface area contributed by atoms with Gasteiger partial charge in [-0.1, -0.05) is 0 Å². The molecule has 0 saturated carbocycles. The Bertz CT molecular complexity index is 351. The van der Waals surface area contributed by atoms with Gasteiger partial charge in [0.15, 0.2) is 0 Å². The molecule has 0 atom stereocenters. The Hall–Kier alpha value is -1.58. The summed E-state index contributed by atoms with van der Waals surface area (Å²) in [6.45, 7) is 1.85. The Kier molecular flexibility index (Phi) is 2.28. The van der Waals surface area contributed by atoms with Crippen molar-refractivity contribution in [2.24, 2.45) is 0 Å². The monoisotopic (exact) mass is 164 g/mol. The zero-order valence-electron chi connectivity index (χ0n) is 7.18. The molecule has 1 heterocycles. The van der Waals surface area contributed by atoms with Gasteiger partial charge in [-0.25, -0.2) is 0 Å². The quantitative estimate of drug-likeness (QED) is 0.439. The predicted molar refractivity (Wildman–Crippen MR) is 48.8 cm³/mol. The minimum atomic E-state index is 0.351. The van der Waals surface area contributed by atoms with Crippen LogP contribution in [-0.4, -0.2) is 18.0 Å². The normalized spacial score (nSPS) is 9.50. The van der Waals surface area contributed by atoms with Crippen LogP contribution in [0.15, 0.2) is 12.3 Å². The molecule has 1 aromatic heterocycles. The topological polar surface area (TPSA) is 64.7 Å². The molecule has 1 rings (SSSR count). The molecule has 0 fully saturated rings. The van der Waals surface area contributed by atoms with Crippen molar-refractivity contribution in [3.8, 4) is 0 Å². The summed E-state index contributed by atoms with van der Waals surface area (Å²) < 4.78 is 1.46. The van der Waals surface area contributed by atoms with Crippen LogP contribution in [0.2, 0.25) is 0 Å². The second-order valence-corrected chi connectivity index (χ2v) is 2.55. The van der Waals surface area contributed by atoms with Crippen molar-refractivity contribution < 1.29 is 0 Å². The van der Waals surface area contributed by atoms with Crippen molar-refractivity contribution in [1.29, 1.82) is 10.8 Å². The van der Waals surface area contributed by atoms with E-state index in [4.69, 9.17) is 10.8 Å². The lowest BCUT2D eigenvalue weighted by atomic mass is 10.3. The molecule has 0 radical (unpaired) electrons. The summed E-state index contributed by atoms with van der Waals surface area (Å²) >= 11 is 0. The highest BCUT2D eigenvalue weighted by molar-refractivity contribution is 5.57. The molecule has 3 N–H and O–H groups in total. The van der Waals surface area contributed by atoms with Gasteiger partial charge in [-0.05, 0) is 18.6 Å². The zero-order valence-corrected chi connectivity index (χ0v) is 7.18. The second kappa shape index (κ2) is 3.21. The summed E-state index contributed by atoms with van der Waals surface area (Å²) in [6.07, 6.45) is 2.83.